The first kappa shape index (κ1) is 24.7. The minimum atomic E-state index is 0.223. The third-order valence-corrected chi connectivity index (χ3v) is 4.22. The van der Waals surface area contributed by atoms with E-state index in [1.807, 2.05) is 13.8 Å². The third-order valence-electron chi connectivity index (χ3n) is 4.04. The Bertz CT molecular complexity index is 421. The lowest BCUT2D eigenvalue weighted by atomic mass is 10.0. The van der Waals surface area contributed by atoms with E-state index in [2.05, 4.69) is 21.1 Å². The molecule has 0 aromatic heterocycles. The van der Waals surface area contributed by atoms with Gasteiger partial charge in [-0.2, -0.15) is 10.2 Å². The molecule has 26 heavy (non-hydrogen) atoms. The zero-order chi connectivity index (χ0) is 19.6. The van der Waals surface area contributed by atoms with E-state index in [9.17, 15) is 0 Å². The fraction of sp³-hybridized carbons (Fsp3) is 0.778. The van der Waals surface area contributed by atoms with Gasteiger partial charge in [-0.3, -0.25) is 10.9 Å². The molecule has 0 fully saturated rings. The van der Waals surface area contributed by atoms with Crippen molar-refractivity contribution < 1.29 is 0 Å². The standard InChI is InChI=1S/C18H36N6S2/c1-15(21-23-17(19)25)13-11-9-7-5-3-4-6-8-10-12-14-16(2)22-24-18(20)26/h3-14H2,1-2H3,(H3,19,23,25)(H3,20,24,26)/b21-15+,22-16+. The summed E-state index contributed by atoms with van der Waals surface area (Å²) in [7, 11) is 0. The second-order valence-electron chi connectivity index (χ2n) is 6.68. The Balaban J connectivity index is 3.34. The van der Waals surface area contributed by atoms with Crippen LogP contribution in [-0.2, 0) is 0 Å². The first-order valence-electron chi connectivity index (χ1n) is 9.59. The normalized spacial score (nSPS) is 12.1. The Morgan fingerprint density at radius 2 is 0.885 bits per heavy atom. The van der Waals surface area contributed by atoms with Gasteiger partial charge in [-0.1, -0.05) is 51.4 Å². The van der Waals surface area contributed by atoms with Gasteiger partial charge < -0.3 is 11.5 Å². The Morgan fingerprint density at radius 1 is 0.615 bits per heavy atom. The van der Waals surface area contributed by atoms with E-state index in [0.29, 0.717) is 0 Å². The van der Waals surface area contributed by atoms with E-state index >= 15 is 0 Å². The summed E-state index contributed by atoms with van der Waals surface area (Å²) >= 11 is 9.43. The van der Waals surface area contributed by atoms with Crippen LogP contribution in [0.4, 0.5) is 0 Å². The SMILES string of the molecule is C/C(CCCCCCCCCCCC/C(C)=N/NC(N)=S)=N\NC(N)=S. The molecule has 8 heteroatoms. The second kappa shape index (κ2) is 17.1. The van der Waals surface area contributed by atoms with Gasteiger partial charge in [-0.15, -0.1) is 0 Å². The zero-order valence-electron chi connectivity index (χ0n) is 16.4. The Morgan fingerprint density at radius 3 is 1.15 bits per heavy atom. The van der Waals surface area contributed by atoms with Gasteiger partial charge in [0.15, 0.2) is 10.2 Å². The number of hydrogen-bond acceptors (Lipinski definition) is 4. The molecular formula is C18H36N6S2. The number of hydrazone groups is 2. The molecule has 6 N–H and O–H groups in total. The Kier molecular flexibility index (Phi) is 16.3. The van der Waals surface area contributed by atoms with Crippen molar-refractivity contribution in [2.75, 3.05) is 0 Å². The molecule has 0 unspecified atom stereocenters. The fourth-order valence-corrected chi connectivity index (χ4v) is 2.68. The molecule has 0 radical (unpaired) electrons. The number of hydrogen-bond donors (Lipinski definition) is 4. The summed E-state index contributed by atoms with van der Waals surface area (Å²) in [5, 5.41) is 8.67. The molecule has 0 saturated heterocycles. The number of nitrogens with zero attached hydrogens (tertiary/aromatic N) is 2. The van der Waals surface area contributed by atoms with Crippen molar-refractivity contribution in [2.24, 2.45) is 21.7 Å². The van der Waals surface area contributed by atoms with Crippen LogP contribution in [0.1, 0.15) is 90.9 Å². The highest BCUT2D eigenvalue weighted by atomic mass is 32.1. The molecule has 0 aliphatic carbocycles. The predicted molar refractivity (Wildman–Crippen MR) is 121 cm³/mol. The minimum Gasteiger partial charge on any atom is -0.375 e. The van der Waals surface area contributed by atoms with Crippen LogP contribution in [0.3, 0.4) is 0 Å². The van der Waals surface area contributed by atoms with Crippen LogP contribution in [0.25, 0.3) is 0 Å². The van der Waals surface area contributed by atoms with Crippen molar-refractivity contribution in [2.45, 2.75) is 90.9 Å². The fourth-order valence-electron chi connectivity index (χ4n) is 2.59. The molecule has 0 aliphatic heterocycles. The van der Waals surface area contributed by atoms with Crippen LogP contribution >= 0.6 is 24.4 Å². The van der Waals surface area contributed by atoms with Gasteiger partial charge in [-0.25, -0.2) is 0 Å². The van der Waals surface area contributed by atoms with E-state index < -0.39 is 0 Å². The average Bonchev–Trinajstić information content (AvgIpc) is 2.59. The lowest BCUT2D eigenvalue weighted by Crippen LogP contribution is -2.25. The van der Waals surface area contributed by atoms with E-state index in [4.69, 9.17) is 35.9 Å². The van der Waals surface area contributed by atoms with E-state index in [0.717, 1.165) is 24.3 Å². The van der Waals surface area contributed by atoms with Crippen LogP contribution < -0.4 is 22.3 Å². The summed E-state index contributed by atoms with van der Waals surface area (Å²) in [6.45, 7) is 4.00. The summed E-state index contributed by atoms with van der Waals surface area (Å²) in [4.78, 5) is 0. The van der Waals surface area contributed by atoms with Crippen LogP contribution in [0, 0.1) is 0 Å². The number of unbranched alkanes of at least 4 members (excludes halogenated alkanes) is 9. The van der Waals surface area contributed by atoms with Crippen molar-refractivity contribution >= 4 is 46.1 Å². The van der Waals surface area contributed by atoms with Crippen LogP contribution in [0.15, 0.2) is 10.2 Å². The summed E-state index contributed by atoms with van der Waals surface area (Å²) in [5.41, 5.74) is 18.0. The number of nitrogens with one attached hydrogen (secondary N) is 2. The maximum atomic E-state index is 5.33. The molecule has 0 heterocycles. The molecular weight excluding hydrogens is 364 g/mol. The molecule has 0 amide bonds. The predicted octanol–water partition coefficient (Wildman–Crippen LogP) is 4.09. The van der Waals surface area contributed by atoms with Crippen molar-refractivity contribution in [1.29, 1.82) is 0 Å². The van der Waals surface area contributed by atoms with Crippen LogP contribution in [0.5, 0.6) is 0 Å². The van der Waals surface area contributed by atoms with E-state index in [-0.39, 0.29) is 10.2 Å². The maximum Gasteiger partial charge on any atom is 0.184 e. The molecule has 150 valence electrons. The average molecular weight is 401 g/mol. The van der Waals surface area contributed by atoms with Gasteiger partial charge >= 0.3 is 0 Å². The van der Waals surface area contributed by atoms with Crippen molar-refractivity contribution in [3.8, 4) is 0 Å². The van der Waals surface area contributed by atoms with Crippen molar-refractivity contribution in [3.63, 3.8) is 0 Å². The molecule has 6 nitrogen and oxygen atoms in total. The second-order valence-corrected chi connectivity index (χ2v) is 7.56. The van der Waals surface area contributed by atoms with Gasteiger partial charge in [0.1, 0.15) is 0 Å². The molecule has 0 aromatic rings. The zero-order valence-corrected chi connectivity index (χ0v) is 18.0. The quantitative estimate of drug-likeness (QED) is 0.143. The highest BCUT2D eigenvalue weighted by Crippen LogP contribution is 2.12. The lowest BCUT2D eigenvalue weighted by molar-refractivity contribution is 0.556. The third kappa shape index (κ3) is 19.1. The molecule has 0 bridgehead atoms. The lowest BCUT2D eigenvalue weighted by Gasteiger charge is -2.04. The van der Waals surface area contributed by atoms with Gasteiger partial charge in [-0.05, 0) is 64.0 Å². The molecule has 0 spiro atoms. The van der Waals surface area contributed by atoms with Crippen molar-refractivity contribution in [3.05, 3.63) is 0 Å². The highest BCUT2D eigenvalue weighted by Gasteiger charge is 1.97. The maximum absolute atomic E-state index is 5.33. The first-order chi connectivity index (χ1) is 12.4. The van der Waals surface area contributed by atoms with Gasteiger partial charge in [0, 0.05) is 11.4 Å². The number of rotatable bonds is 15. The first-order valence-corrected chi connectivity index (χ1v) is 10.4. The largest absolute Gasteiger partial charge is 0.375 e. The van der Waals surface area contributed by atoms with Crippen LogP contribution in [0.2, 0.25) is 0 Å². The number of nitrogens with two attached hydrogens (primary N) is 2. The topological polar surface area (TPSA) is 101 Å². The van der Waals surface area contributed by atoms with E-state index in [1.54, 1.807) is 0 Å². The monoisotopic (exact) mass is 400 g/mol. The summed E-state index contributed by atoms with van der Waals surface area (Å²) < 4.78 is 0. The van der Waals surface area contributed by atoms with Gasteiger partial charge in [0.05, 0.1) is 0 Å². The Hall–Kier alpha value is -1.28. The molecule has 0 rings (SSSR count). The smallest absolute Gasteiger partial charge is 0.184 e. The molecule has 0 atom stereocenters. The highest BCUT2D eigenvalue weighted by molar-refractivity contribution is 7.80. The van der Waals surface area contributed by atoms with Gasteiger partial charge in [0.25, 0.3) is 0 Å². The summed E-state index contributed by atoms with van der Waals surface area (Å²) in [6.07, 6.45) is 14.9. The van der Waals surface area contributed by atoms with Crippen LogP contribution in [-0.4, -0.2) is 21.6 Å². The summed E-state index contributed by atoms with van der Waals surface area (Å²) in [6, 6.07) is 0. The Labute approximate surface area is 169 Å². The molecule has 0 aliphatic rings. The molecule has 0 saturated carbocycles. The van der Waals surface area contributed by atoms with Crippen molar-refractivity contribution in [1.82, 2.24) is 10.9 Å². The van der Waals surface area contributed by atoms with E-state index in [1.165, 1.54) is 64.2 Å². The molecule has 0 aromatic carbocycles. The number of thiocarbonyl (C=S) groups is 2. The minimum absolute atomic E-state index is 0.223. The summed E-state index contributed by atoms with van der Waals surface area (Å²) in [5.74, 6) is 0. The van der Waals surface area contributed by atoms with Gasteiger partial charge in [0.2, 0.25) is 0 Å².